The van der Waals surface area contributed by atoms with E-state index in [1.54, 1.807) is 19.9 Å². The molecule has 0 unspecified atom stereocenters. The molecule has 10 heteroatoms. The molecule has 0 saturated heterocycles. The summed E-state index contributed by atoms with van der Waals surface area (Å²) in [4.78, 5) is 16.1. The van der Waals surface area contributed by atoms with Crippen LogP contribution in [0.2, 0.25) is 0 Å². The fourth-order valence-corrected chi connectivity index (χ4v) is 6.00. The molecule has 2 heterocycles. The highest BCUT2D eigenvalue weighted by atomic mass is 32.2. The number of furan rings is 1. The highest BCUT2D eigenvalue weighted by Crippen LogP contribution is 2.35. The first-order valence-corrected chi connectivity index (χ1v) is 13.3. The molecule has 0 bridgehead atoms. The van der Waals surface area contributed by atoms with Gasteiger partial charge in [0, 0.05) is 22.3 Å². The molecule has 0 spiro atoms. The third-order valence-corrected chi connectivity index (χ3v) is 8.06. The third-order valence-electron chi connectivity index (χ3n) is 6.62. The van der Waals surface area contributed by atoms with E-state index >= 15 is 0 Å². The average Bonchev–Trinajstić information content (AvgIpc) is 3.47. The van der Waals surface area contributed by atoms with Crippen molar-refractivity contribution in [1.29, 1.82) is 0 Å². The maximum atomic E-state index is 12.9. The molecule has 1 fully saturated rings. The molecule has 1 aliphatic rings. The van der Waals surface area contributed by atoms with Crippen LogP contribution < -0.4 is 4.72 Å². The van der Waals surface area contributed by atoms with Crippen LogP contribution in [0.25, 0.3) is 33.3 Å². The fourth-order valence-electron chi connectivity index (χ4n) is 4.64. The molecule has 2 aromatic carbocycles. The van der Waals surface area contributed by atoms with Crippen molar-refractivity contribution in [3.8, 4) is 11.4 Å². The number of hydrogen-bond acceptors (Lipinski definition) is 7. The van der Waals surface area contributed by atoms with Gasteiger partial charge in [0.2, 0.25) is 21.7 Å². The highest BCUT2D eigenvalue weighted by molar-refractivity contribution is 7.89. The van der Waals surface area contributed by atoms with Crippen molar-refractivity contribution in [2.75, 3.05) is 0 Å². The van der Waals surface area contributed by atoms with Gasteiger partial charge in [-0.2, -0.15) is 9.71 Å². The van der Waals surface area contributed by atoms with E-state index in [0.717, 1.165) is 23.8 Å². The summed E-state index contributed by atoms with van der Waals surface area (Å²) >= 11 is 0. The number of sulfonamides is 1. The predicted octanol–water partition coefficient (Wildman–Crippen LogP) is 5.07. The Morgan fingerprint density at radius 2 is 1.83 bits per heavy atom. The Morgan fingerprint density at radius 3 is 2.54 bits per heavy atom. The number of nitrogens with zero attached hydrogens (tertiary/aromatic N) is 2. The average molecular weight is 498 g/mol. The number of nitrogens with one attached hydrogen (secondary N) is 1. The molecular formula is C25H27N3O6S. The quantitative estimate of drug-likeness (QED) is 0.361. The van der Waals surface area contributed by atoms with E-state index in [9.17, 15) is 18.3 Å². The van der Waals surface area contributed by atoms with Crippen LogP contribution in [-0.4, -0.2) is 35.7 Å². The van der Waals surface area contributed by atoms with Crippen LogP contribution in [0.5, 0.6) is 0 Å². The van der Waals surface area contributed by atoms with Crippen LogP contribution in [0, 0.1) is 5.92 Å². The Hall–Kier alpha value is -3.24. The first kappa shape index (κ1) is 23.5. The van der Waals surface area contributed by atoms with Gasteiger partial charge in [0.15, 0.2) is 0 Å². The Kier molecular flexibility index (Phi) is 6.10. The van der Waals surface area contributed by atoms with E-state index in [4.69, 9.17) is 8.94 Å². The van der Waals surface area contributed by atoms with Crippen LogP contribution in [-0.2, 0) is 14.8 Å². The van der Waals surface area contributed by atoms with E-state index in [1.165, 1.54) is 31.4 Å². The Morgan fingerprint density at radius 1 is 1.06 bits per heavy atom. The molecule has 1 aliphatic carbocycles. The SMILES string of the molecule is CC(C)[C@@H](NS(=O)(=O)c1ccc2oc3cc(-c4noc(C5CCCCC5)n4)ccc3c2c1)C(=O)O. The van der Waals surface area contributed by atoms with Crippen molar-refractivity contribution in [2.45, 2.75) is 62.8 Å². The number of fused-ring (bicyclic) bond motifs is 3. The minimum Gasteiger partial charge on any atom is -0.480 e. The summed E-state index contributed by atoms with van der Waals surface area (Å²) in [7, 11) is -4.05. The fraction of sp³-hybridized carbons (Fsp3) is 0.400. The minimum absolute atomic E-state index is 0.0287. The summed E-state index contributed by atoms with van der Waals surface area (Å²) in [5.41, 5.74) is 1.83. The zero-order valence-corrected chi connectivity index (χ0v) is 20.3. The van der Waals surface area contributed by atoms with Crippen molar-refractivity contribution >= 4 is 37.9 Å². The molecule has 1 atom stereocenters. The minimum atomic E-state index is -4.05. The van der Waals surface area contributed by atoms with Crippen LogP contribution in [0.1, 0.15) is 57.8 Å². The number of aromatic nitrogens is 2. The largest absolute Gasteiger partial charge is 0.480 e. The van der Waals surface area contributed by atoms with Gasteiger partial charge in [0.05, 0.1) is 4.90 Å². The second-order valence-electron chi connectivity index (χ2n) is 9.44. The number of benzene rings is 2. The van der Waals surface area contributed by atoms with Gasteiger partial charge in [-0.15, -0.1) is 0 Å². The molecule has 184 valence electrons. The zero-order chi connectivity index (χ0) is 24.7. The van der Waals surface area contributed by atoms with Crippen LogP contribution in [0.4, 0.5) is 0 Å². The summed E-state index contributed by atoms with van der Waals surface area (Å²) in [6.45, 7) is 3.29. The summed E-state index contributed by atoms with van der Waals surface area (Å²) in [5, 5.41) is 14.9. The van der Waals surface area contributed by atoms with Crippen LogP contribution in [0.3, 0.4) is 0 Å². The van der Waals surface area contributed by atoms with Gasteiger partial charge >= 0.3 is 5.97 Å². The highest BCUT2D eigenvalue weighted by Gasteiger charge is 2.28. The van der Waals surface area contributed by atoms with Gasteiger partial charge < -0.3 is 14.0 Å². The van der Waals surface area contributed by atoms with Crippen LogP contribution in [0.15, 0.2) is 50.2 Å². The molecule has 0 aliphatic heterocycles. The number of carbonyl (C=O) groups is 1. The number of carboxylic acid groups (broad SMARTS) is 1. The van der Waals surface area contributed by atoms with Gasteiger partial charge in [-0.05, 0) is 49.1 Å². The maximum Gasteiger partial charge on any atom is 0.322 e. The van der Waals surface area contributed by atoms with E-state index in [2.05, 4.69) is 14.9 Å². The monoisotopic (exact) mass is 497 g/mol. The van der Waals surface area contributed by atoms with E-state index in [0.29, 0.717) is 34.2 Å². The molecule has 4 aromatic rings. The maximum absolute atomic E-state index is 12.9. The Bertz CT molecular complexity index is 1500. The molecule has 5 rings (SSSR count). The van der Waals surface area contributed by atoms with Crippen molar-refractivity contribution in [3.63, 3.8) is 0 Å². The molecular weight excluding hydrogens is 470 g/mol. The third kappa shape index (κ3) is 4.55. The molecule has 0 amide bonds. The lowest BCUT2D eigenvalue weighted by molar-refractivity contribution is -0.140. The van der Waals surface area contributed by atoms with E-state index < -0.39 is 28.0 Å². The van der Waals surface area contributed by atoms with Gasteiger partial charge in [-0.3, -0.25) is 4.79 Å². The van der Waals surface area contributed by atoms with Crippen molar-refractivity contribution < 1.29 is 27.3 Å². The van der Waals surface area contributed by atoms with Gasteiger partial charge in [0.25, 0.3) is 0 Å². The molecule has 1 saturated carbocycles. The topological polar surface area (TPSA) is 136 Å². The predicted molar refractivity (Wildman–Crippen MR) is 129 cm³/mol. The molecule has 9 nitrogen and oxygen atoms in total. The van der Waals surface area contributed by atoms with Crippen molar-refractivity contribution in [1.82, 2.24) is 14.9 Å². The second-order valence-corrected chi connectivity index (χ2v) is 11.2. The van der Waals surface area contributed by atoms with E-state index in [-0.39, 0.29) is 4.90 Å². The lowest BCUT2D eigenvalue weighted by atomic mass is 9.89. The van der Waals surface area contributed by atoms with Gasteiger partial charge in [-0.25, -0.2) is 8.42 Å². The second kappa shape index (κ2) is 9.09. The summed E-state index contributed by atoms with van der Waals surface area (Å²) in [5.74, 6) is -0.158. The van der Waals surface area contributed by atoms with Crippen molar-refractivity contribution in [2.24, 2.45) is 5.92 Å². The molecule has 2 N–H and O–H groups in total. The lowest BCUT2D eigenvalue weighted by Crippen LogP contribution is -2.44. The van der Waals surface area contributed by atoms with Crippen molar-refractivity contribution in [3.05, 3.63) is 42.3 Å². The van der Waals surface area contributed by atoms with Gasteiger partial charge in [0.1, 0.15) is 17.2 Å². The number of aliphatic carboxylic acids is 1. The Balaban J connectivity index is 1.47. The number of carboxylic acids is 1. The smallest absolute Gasteiger partial charge is 0.322 e. The first-order chi connectivity index (χ1) is 16.7. The zero-order valence-electron chi connectivity index (χ0n) is 19.5. The molecule has 2 aromatic heterocycles. The number of rotatable bonds is 7. The molecule has 0 radical (unpaired) electrons. The standard InChI is InChI=1S/C25H27N3O6S/c1-14(2)22(25(29)30)28-35(31,32)17-9-11-20-19(13-17)18-10-8-16(12-21(18)33-20)23-26-24(34-27-23)15-6-4-3-5-7-15/h8-15,22,28H,3-7H2,1-2H3,(H,29,30)/t22-/m1/s1. The normalized spacial score (nSPS) is 16.3. The number of hydrogen-bond donors (Lipinski definition) is 2. The first-order valence-electron chi connectivity index (χ1n) is 11.8. The summed E-state index contributed by atoms with van der Waals surface area (Å²) in [6, 6.07) is 8.76. The van der Waals surface area contributed by atoms with E-state index in [1.807, 2.05) is 18.2 Å². The van der Waals surface area contributed by atoms with Crippen LogP contribution >= 0.6 is 0 Å². The lowest BCUT2D eigenvalue weighted by Gasteiger charge is -2.17. The summed E-state index contributed by atoms with van der Waals surface area (Å²) in [6.07, 6.45) is 5.73. The van der Waals surface area contributed by atoms with Gasteiger partial charge in [-0.1, -0.05) is 44.3 Å². The summed E-state index contributed by atoms with van der Waals surface area (Å²) < 4.78 is 39.6. The Labute approximate surface area is 202 Å². The molecule has 35 heavy (non-hydrogen) atoms.